The maximum Gasteiger partial charge on any atom is 0.137 e. The Hall–Kier alpha value is -1.83. The Bertz CT molecular complexity index is 514. The van der Waals surface area contributed by atoms with E-state index in [1.807, 2.05) is 6.92 Å². The van der Waals surface area contributed by atoms with Gasteiger partial charge in [-0.3, -0.25) is 0 Å². The molecule has 1 aliphatic rings. The van der Waals surface area contributed by atoms with Crippen LogP contribution < -0.4 is 10.6 Å². The minimum atomic E-state index is 0.480. The van der Waals surface area contributed by atoms with Crippen molar-refractivity contribution in [2.45, 2.75) is 46.0 Å². The quantitative estimate of drug-likeness (QED) is 0.862. The lowest BCUT2D eigenvalue weighted by molar-refractivity contribution is 0.605. The topological polar surface area (TPSA) is 78.8 Å². The van der Waals surface area contributed by atoms with Crippen LogP contribution in [0.1, 0.15) is 50.4 Å². The van der Waals surface area contributed by atoms with Crippen molar-refractivity contribution in [1.29, 1.82) is 5.26 Å². The van der Waals surface area contributed by atoms with Gasteiger partial charge in [0.15, 0.2) is 0 Å². The average Bonchev–Trinajstić information content (AvgIpc) is 3.21. The molecule has 2 N–H and O–H groups in total. The summed E-state index contributed by atoms with van der Waals surface area (Å²) in [7, 11) is 0. The van der Waals surface area contributed by atoms with Gasteiger partial charge in [0.1, 0.15) is 17.5 Å². The summed E-state index contributed by atoms with van der Waals surface area (Å²) in [6.07, 6.45) is 2.81. The van der Waals surface area contributed by atoms with Crippen molar-refractivity contribution < 1.29 is 0 Å². The second-order valence-electron chi connectivity index (χ2n) is 5.94. The lowest BCUT2D eigenvalue weighted by Gasteiger charge is -2.27. The van der Waals surface area contributed by atoms with E-state index in [1.165, 1.54) is 0 Å². The first kappa shape index (κ1) is 14.6. The molecule has 0 aromatic carbocycles. The first-order valence-corrected chi connectivity index (χ1v) is 7.28. The summed E-state index contributed by atoms with van der Waals surface area (Å²) < 4.78 is 0. The third-order valence-electron chi connectivity index (χ3n) is 3.50. The van der Waals surface area contributed by atoms with E-state index in [1.54, 1.807) is 0 Å². The first-order chi connectivity index (χ1) is 9.52. The van der Waals surface area contributed by atoms with Gasteiger partial charge in [-0.25, -0.2) is 9.97 Å². The zero-order valence-electron chi connectivity index (χ0n) is 12.6. The highest BCUT2D eigenvalue weighted by molar-refractivity contribution is 5.57. The van der Waals surface area contributed by atoms with E-state index in [2.05, 4.69) is 29.8 Å². The van der Waals surface area contributed by atoms with Gasteiger partial charge in [0.05, 0.1) is 12.5 Å². The number of nitriles is 1. The highest BCUT2D eigenvalue weighted by Gasteiger charge is 2.28. The van der Waals surface area contributed by atoms with Crippen molar-refractivity contribution in [3.8, 4) is 6.07 Å². The standard InChI is InChI=1S/C15H23N5/c1-10(2)9-20(8-4-7-16)15-11(3)13(17)18-14(19-15)12-5-6-12/h10,12H,4-6,8-9H2,1-3H3,(H2,17,18,19). The fourth-order valence-electron chi connectivity index (χ4n) is 2.28. The zero-order valence-corrected chi connectivity index (χ0v) is 12.6. The minimum Gasteiger partial charge on any atom is -0.383 e. The smallest absolute Gasteiger partial charge is 0.137 e. The van der Waals surface area contributed by atoms with Gasteiger partial charge in [-0.15, -0.1) is 0 Å². The second kappa shape index (κ2) is 6.08. The normalized spacial score (nSPS) is 14.3. The second-order valence-corrected chi connectivity index (χ2v) is 5.94. The van der Waals surface area contributed by atoms with E-state index in [0.717, 1.165) is 36.6 Å². The van der Waals surface area contributed by atoms with Gasteiger partial charge in [-0.1, -0.05) is 13.8 Å². The zero-order chi connectivity index (χ0) is 14.7. The average molecular weight is 273 g/mol. The van der Waals surface area contributed by atoms with E-state index >= 15 is 0 Å². The molecule has 20 heavy (non-hydrogen) atoms. The van der Waals surface area contributed by atoms with Gasteiger partial charge < -0.3 is 10.6 Å². The number of aromatic nitrogens is 2. The molecule has 1 heterocycles. The Balaban J connectivity index is 2.32. The molecule has 1 saturated carbocycles. The summed E-state index contributed by atoms with van der Waals surface area (Å²) in [4.78, 5) is 11.3. The summed E-state index contributed by atoms with van der Waals surface area (Å²) in [6.45, 7) is 7.86. The van der Waals surface area contributed by atoms with Gasteiger partial charge in [-0.2, -0.15) is 5.26 Å². The Kier molecular flexibility index (Phi) is 4.43. The Morgan fingerprint density at radius 2 is 2.10 bits per heavy atom. The van der Waals surface area contributed by atoms with Crippen molar-refractivity contribution >= 4 is 11.6 Å². The molecule has 2 rings (SSSR count). The third-order valence-corrected chi connectivity index (χ3v) is 3.50. The van der Waals surface area contributed by atoms with Crippen LogP contribution in [0.25, 0.3) is 0 Å². The van der Waals surface area contributed by atoms with Crippen LogP contribution in [0.2, 0.25) is 0 Å². The van der Waals surface area contributed by atoms with E-state index in [-0.39, 0.29) is 0 Å². The van der Waals surface area contributed by atoms with Gasteiger partial charge in [0.2, 0.25) is 0 Å². The molecule has 1 aliphatic carbocycles. The number of rotatable bonds is 6. The van der Waals surface area contributed by atoms with Crippen LogP contribution in [0, 0.1) is 24.2 Å². The van der Waals surface area contributed by atoms with Crippen molar-refractivity contribution in [3.05, 3.63) is 11.4 Å². The molecule has 0 amide bonds. The molecule has 0 bridgehead atoms. The number of nitrogens with zero attached hydrogens (tertiary/aromatic N) is 4. The van der Waals surface area contributed by atoms with Crippen LogP contribution in [0.4, 0.5) is 11.6 Å². The van der Waals surface area contributed by atoms with Crippen LogP contribution in [0.3, 0.4) is 0 Å². The largest absolute Gasteiger partial charge is 0.383 e. The van der Waals surface area contributed by atoms with Crippen molar-refractivity contribution in [1.82, 2.24) is 9.97 Å². The lowest BCUT2D eigenvalue weighted by atomic mass is 10.2. The number of hydrogen-bond acceptors (Lipinski definition) is 5. The van der Waals surface area contributed by atoms with Crippen molar-refractivity contribution in [3.63, 3.8) is 0 Å². The SMILES string of the molecule is Cc1c(N)nc(C2CC2)nc1N(CCC#N)CC(C)C. The van der Waals surface area contributed by atoms with E-state index < -0.39 is 0 Å². The molecule has 1 fully saturated rings. The summed E-state index contributed by atoms with van der Waals surface area (Å²) >= 11 is 0. The maximum absolute atomic E-state index is 8.84. The van der Waals surface area contributed by atoms with Crippen LogP contribution >= 0.6 is 0 Å². The van der Waals surface area contributed by atoms with Crippen LogP contribution in [0.5, 0.6) is 0 Å². The molecule has 0 atom stereocenters. The highest BCUT2D eigenvalue weighted by Crippen LogP contribution is 2.39. The van der Waals surface area contributed by atoms with Crippen molar-refractivity contribution in [2.75, 3.05) is 23.7 Å². The lowest BCUT2D eigenvalue weighted by Crippen LogP contribution is -2.30. The fourth-order valence-corrected chi connectivity index (χ4v) is 2.28. The monoisotopic (exact) mass is 273 g/mol. The van der Waals surface area contributed by atoms with Crippen LogP contribution in [-0.4, -0.2) is 23.1 Å². The van der Waals surface area contributed by atoms with E-state index in [9.17, 15) is 0 Å². The number of anilines is 2. The summed E-state index contributed by atoms with van der Waals surface area (Å²) in [6, 6.07) is 2.21. The van der Waals surface area contributed by atoms with Crippen molar-refractivity contribution in [2.24, 2.45) is 5.92 Å². The van der Waals surface area contributed by atoms with Gasteiger partial charge in [0.25, 0.3) is 0 Å². The molecule has 5 nitrogen and oxygen atoms in total. The molecular formula is C15H23N5. The predicted molar refractivity (Wildman–Crippen MR) is 80.4 cm³/mol. The summed E-state index contributed by atoms with van der Waals surface area (Å²) in [5.41, 5.74) is 6.97. The van der Waals surface area contributed by atoms with E-state index in [0.29, 0.717) is 30.6 Å². The molecule has 1 aromatic rings. The molecule has 1 aromatic heterocycles. The molecule has 108 valence electrons. The third kappa shape index (κ3) is 3.38. The highest BCUT2D eigenvalue weighted by atomic mass is 15.2. The van der Waals surface area contributed by atoms with Crippen LogP contribution in [-0.2, 0) is 0 Å². The Morgan fingerprint density at radius 1 is 1.40 bits per heavy atom. The molecule has 0 spiro atoms. The Morgan fingerprint density at radius 3 is 2.65 bits per heavy atom. The maximum atomic E-state index is 8.84. The van der Waals surface area contributed by atoms with E-state index in [4.69, 9.17) is 16.0 Å². The summed E-state index contributed by atoms with van der Waals surface area (Å²) in [5, 5.41) is 8.84. The first-order valence-electron chi connectivity index (χ1n) is 7.28. The fraction of sp³-hybridized carbons (Fsp3) is 0.667. The number of nitrogen functional groups attached to an aromatic ring is 1. The van der Waals surface area contributed by atoms with Gasteiger partial charge in [0, 0.05) is 24.6 Å². The summed E-state index contributed by atoms with van der Waals surface area (Å²) in [5.74, 6) is 3.34. The number of nitrogens with two attached hydrogens (primary N) is 1. The Labute approximate surface area is 120 Å². The minimum absolute atomic E-state index is 0.480. The molecule has 0 unspecified atom stereocenters. The molecule has 5 heteroatoms. The number of hydrogen-bond donors (Lipinski definition) is 1. The van der Waals surface area contributed by atoms with Gasteiger partial charge in [-0.05, 0) is 25.7 Å². The molecular weight excluding hydrogens is 250 g/mol. The predicted octanol–water partition coefficient (Wildman–Crippen LogP) is 2.62. The molecule has 0 radical (unpaired) electrons. The molecule has 0 aliphatic heterocycles. The molecule has 0 saturated heterocycles. The van der Waals surface area contributed by atoms with Crippen LogP contribution in [0.15, 0.2) is 0 Å². The van der Waals surface area contributed by atoms with Gasteiger partial charge >= 0.3 is 0 Å².